The lowest BCUT2D eigenvalue weighted by atomic mass is 10.2. The van der Waals surface area contributed by atoms with Crippen LogP contribution in [0, 0.1) is 0 Å². The number of thioether (sulfide) groups is 1. The summed E-state index contributed by atoms with van der Waals surface area (Å²) in [5, 5.41) is 0.906. The summed E-state index contributed by atoms with van der Waals surface area (Å²) >= 11 is 3.30. The number of benzene rings is 1. The van der Waals surface area contributed by atoms with E-state index in [0.29, 0.717) is 12.4 Å². The van der Waals surface area contributed by atoms with Crippen LogP contribution >= 0.6 is 23.1 Å². The second-order valence-corrected chi connectivity index (χ2v) is 8.89. The Labute approximate surface area is 176 Å². The molecule has 0 saturated carbocycles. The molecule has 5 rings (SSSR count). The lowest BCUT2D eigenvalue weighted by molar-refractivity contribution is 0.244. The average Bonchev–Trinajstić information content (AvgIpc) is 3.18. The predicted molar refractivity (Wildman–Crippen MR) is 118 cm³/mol. The van der Waals surface area contributed by atoms with Gasteiger partial charge in [-0.15, -0.1) is 11.3 Å². The Morgan fingerprint density at radius 2 is 1.90 bits per heavy atom. The molecule has 0 bridgehead atoms. The van der Waals surface area contributed by atoms with Crippen LogP contribution in [0.2, 0.25) is 0 Å². The SMILES string of the molecule is CSc1nc2ncnc(N3CCN(Cc4nc(N)c5ccccc5n4)CC3)c2s1. The molecule has 10 heteroatoms. The first-order valence-electron chi connectivity index (χ1n) is 9.35. The number of anilines is 2. The van der Waals surface area contributed by atoms with E-state index in [9.17, 15) is 0 Å². The van der Waals surface area contributed by atoms with Gasteiger partial charge in [0.1, 0.15) is 22.7 Å². The number of rotatable bonds is 4. The highest BCUT2D eigenvalue weighted by atomic mass is 32.2. The second kappa shape index (κ2) is 7.69. The molecule has 148 valence electrons. The van der Waals surface area contributed by atoms with E-state index in [1.165, 1.54) is 0 Å². The van der Waals surface area contributed by atoms with E-state index in [-0.39, 0.29) is 0 Å². The molecule has 0 aliphatic carbocycles. The molecular weight excluding hydrogens is 404 g/mol. The molecule has 0 spiro atoms. The fourth-order valence-electron chi connectivity index (χ4n) is 3.58. The van der Waals surface area contributed by atoms with Gasteiger partial charge in [-0.25, -0.2) is 24.9 Å². The topological polar surface area (TPSA) is 97.0 Å². The summed E-state index contributed by atoms with van der Waals surface area (Å²) in [7, 11) is 0. The Balaban J connectivity index is 1.30. The maximum Gasteiger partial charge on any atom is 0.176 e. The monoisotopic (exact) mass is 424 g/mol. The first-order valence-corrected chi connectivity index (χ1v) is 11.4. The third kappa shape index (κ3) is 3.59. The van der Waals surface area contributed by atoms with E-state index < -0.39 is 0 Å². The second-order valence-electron chi connectivity index (χ2n) is 6.84. The van der Waals surface area contributed by atoms with Crippen molar-refractivity contribution in [1.82, 2.24) is 29.8 Å². The molecule has 0 unspecified atom stereocenters. The van der Waals surface area contributed by atoms with E-state index >= 15 is 0 Å². The zero-order chi connectivity index (χ0) is 19.8. The molecule has 29 heavy (non-hydrogen) atoms. The average molecular weight is 425 g/mol. The van der Waals surface area contributed by atoms with Gasteiger partial charge in [-0.3, -0.25) is 4.90 Å². The lowest BCUT2D eigenvalue weighted by Crippen LogP contribution is -2.46. The van der Waals surface area contributed by atoms with Crippen molar-refractivity contribution >= 4 is 56.0 Å². The van der Waals surface area contributed by atoms with Crippen molar-refractivity contribution in [2.75, 3.05) is 43.1 Å². The standard InChI is InChI=1S/C19H20N8S2/c1-28-19-25-17-15(29-19)18(22-11-21-17)27-8-6-26(7-9-27)10-14-23-13-5-3-2-4-12(13)16(20)24-14/h2-5,11H,6-10H2,1H3,(H2,20,23,24). The largest absolute Gasteiger partial charge is 0.383 e. The predicted octanol–water partition coefficient (Wildman–Crippen LogP) is 2.66. The third-order valence-electron chi connectivity index (χ3n) is 5.04. The molecule has 0 radical (unpaired) electrons. The van der Waals surface area contributed by atoms with E-state index in [4.69, 9.17) is 5.73 Å². The third-order valence-corrected chi connectivity index (χ3v) is 7.07. The highest BCUT2D eigenvalue weighted by molar-refractivity contribution is 8.00. The van der Waals surface area contributed by atoms with Crippen LogP contribution in [0.4, 0.5) is 11.6 Å². The summed E-state index contributed by atoms with van der Waals surface area (Å²) in [4.78, 5) is 27.3. The minimum Gasteiger partial charge on any atom is -0.383 e. The van der Waals surface area contributed by atoms with E-state index in [0.717, 1.165) is 63.4 Å². The normalized spacial score (nSPS) is 15.4. The Morgan fingerprint density at radius 1 is 1.07 bits per heavy atom. The van der Waals surface area contributed by atoms with Gasteiger partial charge in [0.15, 0.2) is 15.8 Å². The maximum absolute atomic E-state index is 6.13. The van der Waals surface area contributed by atoms with Crippen LogP contribution in [-0.2, 0) is 6.54 Å². The molecule has 0 atom stereocenters. The number of nitrogen functional groups attached to an aromatic ring is 1. The highest BCUT2D eigenvalue weighted by Gasteiger charge is 2.22. The number of hydrogen-bond donors (Lipinski definition) is 1. The van der Waals surface area contributed by atoms with Crippen molar-refractivity contribution in [3.05, 3.63) is 36.4 Å². The summed E-state index contributed by atoms with van der Waals surface area (Å²) in [6.07, 6.45) is 3.64. The number of para-hydroxylation sites is 1. The van der Waals surface area contributed by atoms with Gasteiger partial charge < -0.3 is 10.6 Å². The number of nitrogens with zero attached hydrogens (tertiary/aromatic N) is 7. The van der Waals surface area contributed by atoms with Crippen molar-refractivity contribution in [3.8, 4) is 0 Å². The zero-order valence-electron chi connectivity index (χ0n) is 15.9. The van der Waals surface area contributed by atoms with Crippen LogP contribution in [0.3, 0.4) is 0 Å². The van der Waals surface area contributed by atoms with Gasteiger partial charge in [0.05, 0.1) is 12.1 Å². The van der Waals surface area contributed by atoms with Crippen LogP contribution in [0.5, 0.6) is 0 Å². The number of piperazine rings is 1. The Hall–Kier alpha value is -2.56. The van der Waals surface area contributed by atoms with Gasteiger partial charge in [-0.1, -0.05) is 23.9 Å². The van der Waals surface area contributed by atoms with Crippen LogP contribution in [0.25, 0.3) is 21.3 Å². The number of aromatic nitrogens is 5. The van der Waals surface area contributed by atoms with Crippen molar-refractivity contribution < 1.29 is 0 Å². The summed E-state index contributed by atoms with van der Waals surface area (Å²) in [5.74, 6) is 2.30. The van der Waals surface area contributed by atoms with Crippen LogP contribution in [-0.4, -0.2) is 62.3 Å². The quantitative estimate of drug-likeness (QED) is 0.496. The molecular formula is C19H20N8S2. The van der Waals surface area contributed by atoms with E-state index in [2.05, 4.69) is 34.7 Å². The van der Waals surface area contributed by atoms with E-state index in [1.54, 1.807) is 29.4 Å². The minimum atomic E-state index is 0.544. The molecule has 8 nitrogen and oxygen atoms in total. The molecule has 4 heterocycles. The number of hydrogen-bond acceptors (Lipinski definition) is 10. The van der Waals surface area contributed by atoms with Crippen molar-refractivity contribution in [3.63, 3.8) is 0 Å². The summed E-state index contributed by atoms with van der Waals surface area (Å²) in [6, 6.07) is 7.86. The first-order chi connectivity index (χ1) is 14.2. The maximum atomic E-state index is 6.13. The molecule has 1 fully saturated rings. The number of thiazole rings is 1. The number of fused-ring (bicyclic) bond motifs is 2. The van der Waals surface area contributed by atoms with Crippen LogP contribution in [0.1, 0.15) is 5.82 Å². The first kappa shape index (κ1) is 18.5. The van der Waals surface area contributed by atoms with E-state index in [1.807, 2.05) is 30.5 Å². The van der Waals surface area contributed by atoms with Gasteiger partial charge >= 0.3 is 0 Å². The molecule has 1 aromatic carbocycles. The van der Waals surface area contributed by atoms with Crippen molar-refractivity contribution in [2.24, 2.45) is 0 Å². The molecule has 3 aromatic heterocycles. The number of nitrogens with two attached hydrogens (primary N) is 1. The van der Waals surface area contributed by atoms with Crippen LogP contribution in [0.15, 0.2) is 34.9 Å². The molecule has 1 aliphatic heterocycles. The van der Waals surface area contributed by atoms with Gasteiger partial charge in [0.25, 0.3) is 0 Å². The summed E-state index contributed by atoms with van der Waals surface area (Å²) < 4.78 is 2.09. The Bertz CT molecular complexity index is 1170. The zero-order valence-corrected chi connectivity index (χ0v) is 17.6. The summed E-state index contributed by atoms with van der Waals surface area (Å²) in [6.45, 7) is 4.30. The van der Waals surface area contributed by atoms with Gasteiger partial charge in [-0.2, -0.15) is 0 Å². The molecule has 1 saturated heterocycles. The fraction of sp³-hybridized carbons (Fsp3) is 0.316. The molecule has 1 aliphatic rings. The highest BCUT2D eigenvalue weighted by Crippen LogP contribution is 2.33. The van der Waals surface area contributed by atoms with Crippen molar-refractivity contribution in [1.29, 1.82) is 0 Å². The minimum absolute atomic E-state index is 0.544. The molecule has 0 amide bonds. The smallest absolute Gasteiger partial charge is 0.176 e. The van der Waals surface area contributed by atoms with Crippen molar-refractivity contribution in [2.45, 2.75) is 10.9 Å². The molecule has 2 N–H and O–H groups in total. The summed E-state index contributed by atoms with van der Waals surface area (Å²) in [5.41, 5.74) is 7.81. The van der Waals surface area contributed by atoms with Gasteiger partial charge in [-0.05, 0) is 18.4 Å². The van der Waals surface area contributed by atoms with Gasteiger partial charge in [0.2, 0.25) is 0 Å². The lowest BCUT2D eigenvalue weighted by Gasteiger charge is -2.35. The van der Waals surface area contributed by atoms with Crippen LogP contribution < -0.4 is 10.6 Å². The fourth-order valence-corrected chi connectivity index (χ4v) is 5.11. The Kier molecular flexibility index (Phi) is 4.90. The molecule has 4 aromatic rings. The van der Waals surface area contributed by atoms with Gasteiger partial charge in [0, 0.05) is 31.6 Å². The Morgan fingerprint density at radius 3 is 2.72 bits per heavy atom.